The largest absolute Gasteiger partial charge is 0.399 e. The first kappa shape index (κ1) is 9.81. The molecule has 4 nitrogen and oxygen atoms in total. The van der Waals surface area contributed by atoms with E-state index >= 15 is 0 Å². The molecule has 0 radical (unpaired) electrons. The summed E-state index contributed by atoms with van der Waals surface area (Å²) in [5.74, 6) is -0.355. The average Bonchev–Trinajstić information content (AvgIpc) is 2.20. The van der Waals surface area contributed by atoms with Crippen LogP contribution >= 0.6 is 0 Å². The summed E-state index contributed by atoms with van der Waals surface area (Å²) in [6, 6.07) is 6.62. The van der Waals surface area contributed by atoms with Gasteiger partial charge in [0.2, 0.25) is 5.91 Å². The first-order valence-electron chi connectivity index (χ1n) is 3.90. The maximum Gasteiger partial charge on any atom is 0.247 e. The molecular weight excluding hydrogens is 178 g/mol. The molecule has 0 aliphatic heterocycles. The van der Waals surface area contributed by atoms with Crippen LogP contribution in [-0.2, 0) is 4.79 Å². The van der Waals surface area contributed by atoms with Crippen molar-refractivity contribution in [3.05, 3.63) is 36.4 Å². The average molecular weight is 187 g/mol. The van der Waals surface area contributed by atoms with Gasteiger partial charge in [0.1, 0.15) is 6.07 Å². The minimum atomic E-state index is -0.355. The fourth-order valence-electron chi connectivity index (χ4n) is 0.947. The van der Waals surface area contributed by atoms with Crippen molar-refractivity contribution in [1.82, 2.24) is 0 Å². The van der Waals surface area contributed by atoms with E-state index < -0.39 is 0 Å². The van der Waals surface area contributed by atoms with E-state index in [1.165, 1.54) is 6.07 Å². The second kappa shape index (κ2) is 4.10. The molecule has 3 N–H and O–H groups in total. The Morgan fingerprint density at radius 3 is 2.93 bits per heavy atom. The standard InChI is InChI=1S/C10H9N3O/c1-2-10(14)13-9-4-3-8(12)5-7(9)6-11/h2-5H,1,12H2,(H,13,14). The van der Waals surface area contributed by atoms with Crippen LogP contribution in [0.3, 0.4) is 0 Å². The second-order valence-corrected chi connectivity index (χ2v) is 2.61. The number of nitrogens with zero attached hydrogens (tertiary/aromatic N) is 1. The van der Waals surface area contributed by atoms with E-state index in [1.54, 1.807) is 12.1 Å². The number of carbonyl (C=O) groups is 1. The van der Waals surface area contributed by atoms with Gasteiger partial charge in [0.05, 0.1) is 11.3 Å². The maximum absolute atomic E-state index is 11.0. The molecule has 14 heavy (non-hydrogen) atoms. The summed E-state index contributed by atoms with van der Waals surface area (Å²) in [7, 11) is 0. The summed E-state index contributed by atoms with van der Waals surface area (Å²) in [4.78, 5) is 11.0. The van der Waals surface area contributed by atoms with Crippen molar-refractivity contribution in [2.45, 2.75) is 0 Å². The fraction of sp³-hybridized carbons (Fsp3) is 0. The van der Waals surface area contributed by atoms with Gasteiger partial charge >= 0.3 is 0 Å². The van der Waals surface area contributed by atoms with Gasteiger partial charge in [-0.1, -0.05) is 6.58 Å². The summed E-state index contributed by atoms with van der Waals surface area (Å²) in [6.45, 7) is 3.31. The molecule has 0 saturated heterocycles. The molecule has 0 aromatic heterocycles. The van der Waals surface area contributed by atoms with Gasteiger partial charge in [0.15, 0.2) is 0 Å². The number of nitrogen functional groups attached to an aromatic ring is 1. The van der Waals surface area contributed by atoms with Gasteiger partial charge in [-0.2, -0.15) is 5.26 Å². The summed E-state index contributed by atoms with van der Waals surface area (Å²) < 4.78 is 0. The van der Waals surface area contributed by atoms with Crippen LogP contribution in [0.2, 0.25) is 0 Å². The molecule has 0 fully saturated rings. The number of hydrogen-bond acceptors (Lipinski definition) is 3. The molecule has 0 atom stereocenters. The summed E-state index contributed by atoms with van der Waals surface area (Å²) in [5.41, 5.74) is 6.74. The number of anilines is 2. The topological polar surface area (TPSA) is 78.9 Å². The zero-order valence-corrected chi connectivity index (χ0v) is 7.45. The Morgan fingerprint density at radius 1 is 1.64 bits per heavy atom. The number of benzene rings is 1. The van der Waals surface area contributed by atoms with Crippen LogP contribution < -0.4 is 11.1 Å². The third kappa shape index (κ3) is 2.11. The molecule has 1 rings (SSSR count). The lowest BCUT2D eigenvalue weighted by Crippen LogP contribution is -2.08. The van der Waals surface area contributed by atoms with Gasteiger partial charge in [0.25, 0.3) is 0 Å². The molecule has 1 aromatic carbocycles. The lowest BCUT2D eigenvalue weighted by atomic mass is 10.1. The molecule has 0 spiro atoms. The summed E-state index contributed by atoms with van der Waals surface area (Å²) in [5, 5.41) is 11.2. The highest BCUT2D eigenvalue weighted by Gasteiger charge is 2.03. The van der Waals surface area contributed by atoms with Crippen LogP contribution in [-0.4, -0.2) is 5.91 Å². The monoisotopic (exact) mass is 187 g/mol. The van der Waals surface area contributed by atoms with Crippen LogP contribution in [0.4, 0.5) is 11.4 Å². The van der Waals surface area contributed by atoms with Crippen molar-refractivity contribution in [1.29, 1.82) is 5.26 Å². The SMILES string of the molecule is C=CC(=O)Nc1ccc(N)cc1C#N. The Labute approximate surface area is 81.6 Å². The van der Waals surface area contributed by atoms with Crippen LogP contribution in [0.15, 0.2) is 30.9 Å². The fourth-order valence-corrected chi connectivity index (χ4v) is 0.947. The van der Waals surface area contributed by atoms with E-state index in [-0.39, 0.29) is 5.91 Å². The van der Waals surface area contributed by atoms with E-state index in [0.29, 0.717) is 16.9 Å². The maximum atomic E-state index is 11.0. The first-order valence-corrected chi connectivity index (χ1v) is 3.90. The van der Waals surface area contributed by atoms with E-state index in [0.717, 1.165) is 6.08 Å². The Balaban J connectivity index is 3.04. The smallest absolute Gasteiger partial charge is 0.247 e. The third-order valence-corrected chi connectivity index (χ3v) is 1.61. The van der Waals surface area contributed by atoms with Crippen molar-refractivity contribution >= 4 is 17.3 Å². The zero-order chi connectivity index (χ0) is 10.6. The molecule has 0 saturated carbocycles. The van der Waals surface area contributed by atoms with Crippen molar-refractivity contribution in [2.24, 2.45) is 0 Å². The number of carbonyl (C=O) groups excluding carboxylic acids is 1. The molecule has 0 aliphatic carbocycles. The van der Waals surface area contributed by atoms with Gasteiger partial charge in [-0.3, -0.25) is 4.79 Å². The van der Waals surface area contributed by atoms with Crippen LogP contribution in [0.1, 0.15) is 5.56 Å². The first-order chi connectivity index (χ1) is 6.67. The predicted molar refractivity (Wildman–Crippen MR) is 54.4 cm³/mol. The van der Waals surface area contributed by atoms with Gasteiger partial charge in [0, 0.05) is 5.69 Å². The molecule has 0 aliphatic rings. The van der Waals surface area contributed by atoms with E-state index in [1.807, 2.05) is 6.07 Å². The highest BCUT2D eigenvalue weighted by atomic mass is 16.1. The Hall–Kier alpha value is -2.28. The number of rotatable bonds is 2. The zero-order valence-electron chi connectivity index (χ0n) is 7.45. The Morgan fingerprint density at radius 2 is 2.36 bits per heavy atom. The van der Waals surface area contributed by atoms with E-state index in [4.69, 9.17) is 11.0 Å². The predicted octanol–water partition coefficient (Wildman–Crippen LogP) is 1.26. The quantitative estimate of drug-likeness (QED) is 0.540. The van der Waals surface area contributed by atoms with Crippen LogP contribution in [0, 0.1) is 11.3 Å². The van der Waals surface area contributed by atoms with Gasteiger partial charge in [-0.25, -0.2) is 0 Å². The molecule has 70 valence electrons. The van der Waals surface area contributed by atoms with Gasteiger partial charge < -0.3 is 11.1 Å². The summed E-state index contributed by atoms with van der Waals surface area (Å²) >= 11 is 0. The molecule has 0 heterocycles. The lowest BCUT2D eigenvalue weighted by molar-refractivity contribution is -0.111. The molecular formula is C10H9N3O. The van der Waals surface area contributed by atoms with Gasteiger partial charge in [-0.05, 0) is 24.3 Å². The highest BCUT2D eigenvalue weighted by Crippen LogP contribution is 2.17. The highest BCUT2D eigenvalue weighted by molar-refractivity contribution is 5.99. The molecule has 4 heteroatoms. The number of nitriles is 1. The minimum Gasteiger partial charge on any atom is -0.399 e. The van der Waals surface area contributed by atoms with E-state index in [2.05, 4.69) is 11.9 Å². The third-order valence-electron chi connectivity index (χ3n) is 1.61. The normalized spacial score (nSPS) is 8.79. The van der Waals surface area contributed by atoms with Crippen molar-refractivity contribution < 1.29 is 4.79 Å². The van der Waals surface area contributed by atoms with Crippen molar-refractivity contribution in [3.63, 3.8) is 0 Å². The number of amides is 1. The second-order valence-electron chi connectivity index (χ2n) is 2.61. The minimum absolute atomic E-state index is 0.334. The Bertz CT molecular complexity index is 418. The lowest BCUT2D eigenvalue weighted by Gasteiger charge is -2.04. The number of nitrogens with one attached hydrogen (secondary N) is 1. The summed E-state index contributed by atoms with van der Waals surface area (Å²) in [6.07, 6.45) is 1.14. The molecule has 0 unspecified atom stereocenters. The van der Waals surface area contributed by atoms with E-state index in [9.17, 15) is 4.79 Å². The van der Waals surface area contributed by atoms with Crippen LogP contribution in [0.25, 0.3) is 0 Å². The molecule has 0 bridgehead atoms. The molecule has 1 amide bonds. The molecule has 1 aromatic rings. The Kier molecular flexibility index (Phi) is 2.87. The number of nitrogens with two attached hydrogens (primary N) is 1. The van der Waals surface area contributed by atoms with Crippen molar-refractivity contribution in [3.8, 4) is 6.07 Å². The van der Waals surface area contributed by atoms with Crippen molar-refractivity contribution in [2.75, 3.05) is 11.1 Å². The van der Waals surface area contributed by atoms with Gasteiger partial charge in [-0.15, -0.1) is 0 Å². The van der Waals surface area contributed by atoms with Crippen LogP contribution in [0.5, 0.6) is 0 Å². The number of hydrogen-bond donors (Lipinski definition) is 2.